The van der Waals surface area contributed by atoms with E-state index in [0.29, 0.717) is 12.8 Å². The first-order chi connectivity index (χ1) is 6.52. The molecule has 0 radical (unpaired) electrons. The van der Waals surface area contributed by atoms with Gasteiger partial charge in [0.1, 0.15) is 6.10 Å². The highest BCUT2D eigenvalue weighted by Gasteiger charge is 2.29. The number of aliphatic hydroxyl groups is 2. The van der Waals surface area contributed by atoms with E-state index in [4.69, 9.17) is 4.74 Å². The summed E-state index contributed by atoms with van der Waals surface area (Å²) in [6.07, 6.45) is 0.544. The Morgan fingerprint density at radius 1 is 1.57 bits per heavy atom. The molecule has 0 saturated carbocycles. The molecule has 0 aromatic heterocycles. The highest BCUT2D eigenvalue weighted by atomic mass is 16.5. The van der Waals surface area contributed by atoms with E-state index in [1.807, 2.05) is 0 Å². The third kappa shape index (κ3) is 2.56. The minimum absolute atomic E-state index is 0.178. The van der Waals surface area contributed by atoms with Crippen LogP contribution in [0.25, 0.3) is 0 Å². The molecular weight excluding hydrogens is 184 g/mol. The van der Waals surface area contributed by atoms with Crippen molar-refractivity contribution in [2.24, 2.45) is 0 Å². The monoisotopic (exact) mass is 200 g/mol. The van der Waals surface area contributed by atoms with Gasteiger partial charge in [0, 0.05) is 0 Å². The highest BCUT2D eigenvalue weighted by Crippen LogP contribution is 2.20. The van der Waals surface area contributed by atoms with Gasteiger partial charge < -0.3 is 14.9 Å². The molecule has 14 heavy (non-hydrogen) atoms. The van der Waals surface area contributed by atoms with Crippen LogP contribution in [0.15, 0.2) is 11.6 Å². The Labute approximate surface area is 83.2 Å². The molecule has 1 aliphatic carbocycles. The largest absolute Gasteiger partial charge is 0.460 e. The van der Waals surface area contributed by atoms with Crippen LogP contribution in [-0.4, -0.2) is 34.5 Å². The summed E-state index contributed by atoms with van der Waals surface area (Å²) < 4.78 is 4.93. The number of esters is 1. The third-order valence-electron chi connectivity index (χ3n) is 2.09. The second kappa shape index (κ2) is 4.57. The van der Waals surface area contributed by atoms with E-state index in [1.54, 1.807) is 19.9 Å². The van der Waals surface area contributed by atoms with E-state index in [0.717, 1.165) is 0 Å². The van der Waals surface area contributed by atoms with E-state index in [2.05, 4.69) is 0 Å². The zero-order valence-electron chi connectivity index (χ0n) is 8.43. The highest BCUT2D eigenvalue weighted by molar-refractivity contribution is 5.90. The van der Waals surface area contributed by atoms with Gasteiger partial charge in [-0.25, -0.2) is 4.79 Å². The topological polar surface area (TPSA) is 66.8 Å². The van der Waals surface area contributed by atoms with E-state index in [9.17, 15) is 15.0 Å². The first-order valence-corrected chi connectivity index (χ1v) is 4.79. The number of carbonyl (C=O) groups excluding carboxylic acids is 1. The van der Waals surface area contributed by atoms with E-state index in [-0.39, 0.29) is 11.7 Å². The second-order valence-corrected chi connectivity index (χ2v) is 3.70. The lowest BCUT2D eigenvalue weighted by Crippen LogP contribution is -2.35. The van der Waals surface area contributed by atoms with Gasteiger partial charge in [-0.05, 0) is 26.7 Å². The van der Waals surface area contributed by atoms with Crippen molar-refractivity contribution < 1.29 is 19.7 Å². The average Bonchev–Trinajstić information content (AvgIpc) is 2.08. The molecule has 0 heterocycles. The fraction of sp³-hybridized carbons (Fsp3) is 0.700. The van der Waals surface area contributed by atoms with Crippen LogP contribution in [0.3, 0.4) is 0 Å². The molecule has 0 aromatic rings. The van der Waals surface area contributed by atoms with Crippen LogP contribution in [0.5, 0.6) is 0 Å². The Balaban J connectivity index is 2.67. The van der Waals surface area contributed by atoms with Crippen LogP contribution in [-0.2, 0) is 9.53 Å². The third-order valence-corrected chi connectivity index (χ3v) is 2.09. The van der Waals surface area contributed by atoms with Gasteiger partial charge in [0.05, 0.1) is 17.8 Å². The summed E-state index contributed by atoms with van der Waals surface area (Å²) in [5.41, 5.74) is 0.178. The normalized spacial score (nSPS) is 27.4. The quantitative estimate of drug-likeness (QED) is 0.632. The van der Waals surface area contributed by atoms with Crippen LogP contribution in [0.2, 0.25) is 0 Å². The van der Waals surface area contributed by atoms with Gasteiger partial charge in [-0.1, -0.05) is 6.08 Å². The first kappa shape index (κ1) is 11.2. The van der Waals surface area contributed by atoms with Crippen LogP contribution in [0, 0.1) is 0 Å². The predicted molar refractivity (Wildman–Crippen MR) is 50.6 cm³/mol. The van der Waals surface area contributed by atoms with Crippen LogP contribution >= 0.6 is 0 Å². The molecule has 1 aliphatic rings. The summed E-state index contributed by atoms with van der Waals surface area (Å²) in [5, 5.41) is 18.8. The average molecular weight is 200 g/mol. The molecule has 0 aliphatic heterocycles. The Hall–Kier alpha value is -0.870. The predicted octanol–water partition coefficient (Wildman–Crippen LogP) is 0.380. The van der Waals surface area contributed by atoms with Gasteiger partial charge in [-0.3, -0.25) is 0 Å². The van der Waals surface area contributed by atoms with Gasteiger partial charge in [-0.15, -0.1) is 0 Å². The SMILES string of the molecule is CC(C)OC(=O)C1=CCC[C@H](O)[C@@H]1O. The lowest BCUT2D eigenvalue weighted by molar-refractivity contribution is -0.145. The first-order valence-electron chi connectivity index (χ1n) is 4.79. The number of rotatable bonds is 2. The zero-order valence-corrected chi connectivity index (χ0v) is 8.43. The molecule has 0 saturated heterocycles. The molecule has 0 unspecified atom stereocenters. The summed E-state index contributed by atoms with van der Waals surface area (Å²) in [6, 6.07) is 0. The van der Waals surface area contributed by atoms with Crippen molar-refractivity contribution in [3.8, 4) is 0 Å². The lowest BCUT2D eigenvalue weighted by Gasteiger charge is -2.24. The van der Waals surface area contributed by atoms with Crippen molar-refractivity contribution in [2.45, 2.75) is 45.0 Å². The van der Waals surface area contributed by atoms with Gasteiger partial charge >= 0.3 is 5.97 Å². The van der Waals surface area contributed by atoms with Gasteiger partial charge in [0.15, 0.2) is 0 Å². The van der Waals surface area contributed by atoms with Crippen LogP contribution < -0.4 is 0 Å². The summed E-state index contributed by atoms with van der Waals surface area (Å²) in [6.45, 7) is 3.48. The van der Waals surface area contributed by atoms with Crippen molar-refractivity contribution >= 4 is 5.97 Å². The lowest BCUT2D eigenvalue weighted by atomic mass is 9.94. The minimum Gasteiger partial charge on any atom is -0.460 e. The Kier molecular flexibility index (Phi) is 3.66. The van der Waals surface area contributed by atoms with Crippen molar-refractivity contribution in [3.63, 3.8) is 0 Å². The molecule has 1 rings (SSSR count). The van der Waals surface area contributed by atoms with Gasteiger partial charge in [-0.2, -0.15) is 0 Å². The van der Waals surface area contributed by atoms with Gasteiger partial charge in [0.2, 0.25) is 0 Å². The number of hydrogen-bond acceptors (Lipinski definition) is 4. The fourth-order valence-corrected chi connectivity index (χ4v) is 1.38. The molecule has 0 bridgehead atoms. The van der Waals surface area contributed by atoms with E-state index < -0.39 is 18.2 Å². The van der Waals surface area contributed by atoms with Crippen molar-refractivity contribution in [1.29, 1.82) is 0 Å². The number of aliphatic hydroxyl groups excluding tert-OH is 2. The molecule has 0 spiro atoms. The number of carbonyl (C=O) groups is 1. The molecule has 80 valence electrons. The van der Waals surface area contributed by atoms with Crippen molar-refractivity contribution in [3.05, 3.63) is 11.6 Å². The summed E-state index contributed by atoms with van der Waals surface area (Å²) in [5.74, 6) is -0.536. The second-order valence-electron chi connectivity index (χ2n) is 3.70. The maximum atomic E-state index is 11.4. The standard InChI is InChI=1S/C10H16O4/c1-6(2)14-10(13)7-4-3-5-8(11)9(7)12/h4,6,8-9,11-12H,3,5H2,1-2H3/t8-,9+/m0/s1. The molecule has 0 fully saturated rings. The molecule has 0 aromatic carbocycles. The molecule has 2 N–H and O–H groups in total. The van der Waals surface area contributed by atoms with Crippen LogP contribution in [0.1, 0.15) is 26.7 Å². The van der Waals surface area contributed by atoms with Crippen molar-refractivity contribution in [2.75, 3.05) is 0 Å². The van der Waals surface area contributed by atoms with Crippen LogP contribution in [0.4, 0.5) is 0 Å². The summed E-state index contributed by atoms with van der Waals surface area (Å²) in [7, 11) is 0. The maximum Gasteiger partial charge on any atom is 0.336 e. The fourth-order valence-electron chi connectivity index (χ4n) is 1.38. The zero-order chi connectivity index (χ0) is 10.7. The van der Waals surface area contributed by atoms with E-state index in [1.165, 1.54) is 0 Å². The Bertz CT molecular complexity index is 245. The van der Waals surface area contributed by atoms with Crippen molar-refractivity contribution in [1.82, 2.24) is 0 Å². The van der Waals surface area contributed by atoms with E-state index >= 15 is 0 Å². The Morgan fingerprint density at radius 2 is 2.21 bits per heavy atom. The summed E-state index contributed by atoms with van der Waals surface area (Å²) in [4.78, 5) is 11.4. The maximum absolute atomic E-state index is 11.4. The number of ether oxygens (including phenoxy) is 1. The molecule has 4 nitrogen and oxygen atoms in total. The molecule has 0 amide bonds. The molecular formula is C10H16O4. The Morgan fingerprint density at radius 3 is 2.79 bits per heavy atom. The molecule has 2 atom stereocenters. The van der Waals surface area contributed by atoms with Gasteiger partial charge in [0.25, 0.3) is 0 Å². The summed E-state index contributed by atoms with van der Waals surface area (Å²) >= 11 is 0. The number of hydrogen-bond donors (Lipinski definition) is 2. The number of allylic oxidation sites excluding steroid dienone is 1. The smallest absolute Gasteiger partial charge is 0.336 e. The minimum atomic E-state index is -1.10. The molecule has 4 heteroatoms.